The highest BCUT2D eigenvalue weighted by atomic mass is 19.1. The van der Waals surface area contributed by atoms with E-state index in [1.54, 1.807) is 6.92 Å². The topological polar surface area (TPSA) is 74.3 Å². The molecule has 0 aliphatic carbocycles. The van der Waals surface area contributed by atoms with E-state index in [9.17, 15) is 14.0 Å². The number of nitrogens with one attached hydrogen (secondary N) is 1. The lowest BCUT2D eigenvalue weighted by molar-refractivity contribution is -0.303. The molecule has 4 atom stereocenters. The molecule has 218 valence electrons. The normalized spacial score (nSPS) is 36.0. The van der Waals surface area contributed by atoms with Gasteiger partial charge in [-0.2, -0.15) is 0 Å². The van der Waals surface area contributed by atoms with Gasteiger partial charge in [0, 0.05) is 64.1 Å². The van der Waals surface area contributed by atoms with Crippen molar-refractivity contribution in [3.05, 3.63) is 0 Å². The molecule has 4 aliphatic rings. The first-order valence-electron chi connectivity index (χ1n) is 14.9. The van der Waals surface area contributed by atoms with E-state index in [-0.39, 0.29) is 29.8 Å². The van der Waals surface area contributed by atoms with Gasteiger partial charge in [0.05, 0.1) is 19.3 Å². The Morgan fingerprint density at radius 1 is 1.11 bits per heavy atom. The number of hydrogen-bond acceptors (Lipinski definition) is 6. The molecule has 8 nitrogen and oxygen atoms in total. The van der Waals surface area contributed by atoms with Crippen LogP contribution in [0.4, 0.5) is 4.39 Å². The fourth-order valence-electron chi connectivity index (χ4n) is 6.76. The van der Waals surface area contributed by atoms with Crippen molar-refractivity contribution in [3.8, 4) is 0 Å². The second kappa shape index (κ2) is 12.1. The molecule has 0 aromatic carbocycles. The largest absolute Gasteiger partial charge is 0.349 e. The molecule has 4 aliphatic heterocycles. The quantitative estimate of drug-likeness (QED) is 0.512. The zero-order valence-electron chi connectivity index (χ0n) is 24.5. The number of amides is 2. The molecule has 0 aromatic heterocycles. The maximum Gasteiger partial charge on any atom is 0.245 e. The predicted octanol–water partition coefficient (Wildman–Crippen LogP) is 3.05. The van der Waals surface area contributed by atoms with Crippen molar-refractivity contribution < 1.29 is 23.5 Å². The average Bonchev–Trinajstić information content (AvgIpc) is 3.18. The maximum absolute atomic E-state index is 14.2. The van der Waals surface area contributed by atoms with E-state index in [1.165, 1.54) is 0 Å². The van der Waals surface area contributed by atoms with Crippen LogP contribution in [0.25, 0.3) is 0 Å². The smallest absolute Gasteiger partial charge is 0.245 e. The van der Waals surface area contributed by atoms with Crippen LogP contribution in [0, 0.1) is 17.8 Å². The third kappa shape index (κ3) is 7.07. The minimum absolute atomic E-state index is 0.0437. The molecule has 4 fully saturated rings. The first kappa shape index (κ1) is 29.7. The van der Waals surface area contributed by atoms with Crippen LogP contribution in [0.5, 0.6) is 0 Å². The summed E-state index contributed by atoms with van der Waals surface area (Å²) in [5.41, 5.74) is -1.09. The Kier molecular flexibility index (Phi) is 9.43. The number of carbonyl (C=O) groups is 2. The summed E-state index contributed by atoms with van der Waals surface area (Å²) >= 11 is 0. The molecule has 4 saturated heterocycles. The van der Waals surface area contributed by atoms with E-state index in [2.05, 4.69) is 44.8 Å². The predicted molar refractivity (Wildman–Crippen MR) is 145 cm³/mol. The third-order valence-corrected chi connectivity index (χ3v) is 8.73. The van der Waals surface area contributed by atoms with Gasteiger partial charge in [-0.25, -0.2) is 4.39 Å². The van der Waals surface area contributed by atoms with Crippen molar-refractivity contribution in [1.82, 2.24) is 20.0 Å². The fourth-order valence-corrected chi connectivity index (χ4v) is 6.76. The van der Waals surface area contributed by atoms with E-state index >= 15 is 0 Å². The molecule has 0 bridgehead atoms. The van der Waals surface area contributed by atoms with Gasteiger partial charge < -0.3 is 24.6 Å². The van der Waals surface area contributed by atoms with Gasteiger partial charge in [-0.1, -0.05) is 27.7 Å². The van der Waals surface area contributed by atoms with Crippen LogP contribution in [0.1, 0.15) is 73.6 Å². The molecule has 4 rings (SSSR count). The number of carbonyl (C=O) groups excluding carboxylic acids is 2. The van der Waals surface area contributed by atoms with Crippen LogP contribution < -0.4 is 5.32 Å². The first-order chi connectivity index (χ1) is 17.9. The average molecular weight is 539 g/mol. The summed E-state index contributed by atoms with van der Waals surface area (Å²) in [6, 6.07) is -0.697. The number of ether oxygens (including phenoxy) is 2. The van der Waals surface area contributed by atoms with Gasteiger partial charge in [-0.3, -0.25) is 14.5 Å². The minimum atomic E-state index is -1.09. The van der Waals surface area contributed by atoms with Crippen LogP contribution in [0.3, 0.4) is 0 Å². The van der Waals surface area contributed by atoms with Crippen LogP contribution in [-0.4, -0.2) is 109 Å². The number of likely N-dealkylation sites (tertiary alicyclic amines) is 2. The fraction of sp³-hybridized carbons (Fsp3) is 0.931. The Morgan fingerprint density at radius 2 is 1.82 bits per heavy atom. The van der Waals surface area contributed by atoms with Crippen molar-refractivity contribution >= 4 is 11.8 Å². The van der Waals surface area contributed by atoms with Crippen molar-refractivity contribution in [2.24, 2.45) is 17.8 Å². The van der Waals surface area contributed by atoms with Crippen LogP contribution in [0.15, 0.2) is 0 Å². The Hall–Kier alpha value is -1.29. The molecule has 1 unspecified atom stereocenters. The standard InChI is InChI=1S/C29H51FN4O4/c1-20(2)13-24-26(35)34(12-9-31-24)25(14-21(3)4)27(36)33-11-8-29(15-22(33)5)37-17-23(18-38-29)16-32-10-7-28(6,30)19-32/h20-25,31H,7-19H2,1-6H3/t22-,23?,24-,25-,28?,29?/m0/s1. The lowest BCUT2D eigenvalue weighted by Gasteiger charge is -2.49. The molecule has 0 saturated carbocycles. The highest BCUT2D eigenvalue weighted by Crippen LogP contribution is 2.37. The first-order valence-corrected chi connectivity index (χ1v) is 14.9. The molecule has 1 spiro atoms. The Labute approximate surface area is 228 Å². The third-order valence-electron chi connectivity index (χ3n) is 8.73. The van der Waals surface area contributed by atoms with Crippen molar-refractivity contribution in [2.75, 3.05) is 52.5 Å². The van der Waals surface area contributed by atoms with Crippen LogP contribution in [0.2, 0.25) is 0 Å². The summed E-state index contributed by atoms with van der Waals surface area (Å²) < 4.78 is 26.9. The number of rotatable bonds is 8. The van der Waals surface area contributed by atoms with E-state index in [0.29, 0.717) is 76.9 Å². The molecule has 4 heterocycles. The van der Waals surface area contributed by atoms with Gasteiger partial charge in [0.1, 0.15) is 11.7 Å². The Morgan fingerprint density at radius 3 is 2.39 bits per heavy atom. The zero-order valence-corrected chi connectivity index (χ0v) is 24.5. The number of halogens is 1. The van der Waals surface area contributed by atoms with Gasteiger partial charge in [0.15, 0.2) is 5.79 Å². The number of alkyl halides is 1. The lowest BCUT2D eigenvalue weighted by atomic mass is 9.92. The summed E-state index contributed by atoms with van der Waals surface area (Å²) in [6.45, 7) is 17.3. The molecule has 0 radical (unpaired) electrons. The van der Waals surface area contributed by atoms with Crippen molar-refractivity contribution in [3.63, 3.8) is 0 Å². The number of piperidine rings is 1. The molecule has 38 heavy (non-hydrogen) atoms. The van der Waals surface area contributed by atoms with Crippen LogP contribution in [-0.2, 0) is 19.1 Å². The SMILES string of the molecule is CC(C)C[C@@H]1NCCN([C@@H](CC(C)C)C(=O)N2CCC3(C[C@@H]2C)OCC(CN2CCC(C)(F)C2)CO3)C1=O. The summed E-state index contributed by atoms with van der Waals surface area (Å²) in [5.74, 6) is 0.389. The van der Waals surface area contributed by atoms with Gasteiger partial charge in [-0.15, -0.1) is 0 Å². The van der Waals surface area contributed by atoms with E-state index in [1.807, 2.05) is 9.80 Å². The second-order valence-corrected chi connectivity index (χ2v) is 13.4. The highest BCUT2D eigenvalue weighted by Gasteiger charge is 2.47. The molecule has 2 amide bonds. The molecular formula is C29H51FN4O4. The lowest BCUT2D eigenvalue weighted by Crippen LogP contribution is -2.64. The zero-order chi connectivity index (χ0) is 27.7. The van der Waals surface area contributed by atoms with Gasteiger partial charge in [0.2, 0.25) is 11.8 Å². The molecule has 9 heteroatoms. The number of hydrogen-bond donors (Lipinski definition) is 1. The molecular weight excluding hydrogens is 487 g/mol. The van der Waals surface area contributed by atoms with Gasteiger partial charge >= 0.3 is 0 Å². The summed E-state index contributed by atoms with van der Waals surface area (Å²) in [5, 5.41) is 3.36. The molecule has 1 N–H and O–H groups in total. The second-order valence-electron chi connectivity index (χ2n) is 13.4. The Bertz CT molecular complexity index is 829. The summed E-state index contributed by atoms with van der Waals surface area (Å²) in [6.07, 6.45) is 3.28. The van der Waals surface area contributed by atoms with Crippen molar-refractivity contribution in [2.45, 2.75) is 103 Å². The molecule has 0 aromatic rings. The van der Waals surface area contributed by atoms with Crippen molar-refractivity contribution in [1.29, 1.82) is 0 Å². The summed E-state index contributed by atoms with van der Waals surface area (Å²) in [7, 11) is 0. The maximum atomic E-state index is 14.2. The van der Waals surface area contributed by atoms with Gasteiger partial charge in [-0.05, 0) is 44.9 Å². The number of piperazine rings is 1. The monoisotopic (exact) mass is 538 g/mol. The number of nitrogens with zero attached hydrogens (tertiary/aromatic N) is 3. The van der Waals surface area contributed by atoms with E-state index in [4.69, 9.17) is 9.47 Å². The highest BCUT2D eigenvalue weighted by molar-refractivity contribution is 5.90. The Balaban J connectivity index is 1.35. The van der Waals surface area contributed by atoms with E-state index in [0.717, 1.165) is 19.5 Å². The minimum Gasteiger partial charge on any atom is -0.349 e. The van der Waals surface area contributed by atoms with Crippen LogP contribution >= 0.6 is 0 Å². The van der Waals surface area contributed by atoms with Gasteiger partial charge in [0.25, 0.3) is 0 Å². The summed E-state index contributed by atoms with van der Waals surface area (Å²) in [4.78, 5) is 33.4. The van der Waals surface area contributed by atoms with E-state index < -0.39 is 17.5 Å².